The molecule has 0 atom stereocenters. The predicted molar refractivity (Wildman–Crippen MR) is 68.8 cm³/mol. The maximum atomic E-state index is 11.5. The number of carbonyl (C=O) groups is 1. The fourth-order valence-electron chi connectivity index (χ4n) is 1.78. The van der Waals surface area contributed by atoms with E-state index in [1.165, 1.54) is 18.4 Å². The second-order valence-electron chi connectivity index (χ2n) is 4.23. The van der Waals surface area contributed by atoms with Gasteiger partial charge >= 0.3 is 5.97 Å². The Morgan fingerprint density at radius 1 is 1.67 bits per heavy atom. The molecule has 1 saturated carbocycles. The maximum absolute atomic E-state index is 11.5. The average Bonchev–Trinajstić information content (AvgIpc) is 3.12. The second kappa shape index (κ2) is 5.36. The van der Waals surface area contributed by atoms with E-state index in [0.717, 1.165) is 22.9 Å². The first kappa shape index (κ1) is 12.8. The molecular formula is C12H15N3O2S. The van der Waals surface area contributed by atoms with Crippen molar-refractivity contribution in [3.05, 3.63) is 10.6 Å². The monoisotopic (exact) mass is 265 g/mol. The molecule has 0 saturated heterocycles. The van der Waals surface area contributed by atoms with Gasteiger partial charge in [0.25, 0.3) is 0 Å². The van der Waals surface area contributed by atoms with Gasteiger partial charge in [-0.25, -0.2) is 9.78 Å². The quantitative estimate of drug-likeness (QED) is 0.763. The van der Waals surface area contributed by atoms with E-state index >= 15 is 0 Å². The zero-order valence-corrected chi connectivity index (χ0v) is 11.3. The summed E-state index contributed by atoms with van der Waals surface area (Å²) in [5, 5.41) is 9.51. The Labute approximate surface area is 110 Å². The first-order chi connectivity index (χ1) is 8.67. The maximum Gasteiger partial charge on any atom is 0.357 e. The molecule has 0 aromatic carbocycles. The zero-order chi connectivity index (χ0) is 13.1. The smallest absolute Gasteiger partial charge is 0.357 e. The van der Waals surface area contributed by atoms with Crippen molar-refractivity contribution in [2.24, 2.45) is 0 Å². The average molecular weight is 265 g/mol. The highest BCUT2D eigenvalue weighted by atomic mass is 32.1. The van der Waals surface area contributed by atoms with Crippen LogP contribution in [0.3, 0.4) is 0 Å². The fraction of sp³-hybridized carbons (Fsp3) is 0.583. The summed E-state index contributed by atoms with van der Waals surface area (Å²) in [7, 11) is 1.36. The lowest BCUT2D eigenvalue weighted by Gasteiger charge is -2.19. The molecule has 0 spiro atoms. The Morgan fingerprint density at radius 3 is 2.94 bits per heavy atom. The molecule has 1 heterocycles. The van der Waals surface area contributed by atoms with E-state index in [4.69, 9.17) is 10.00 Å². The SMILES string of the molecule is COC(=O)c1nc(N(CCC#N)C2CC2)sc1C. The Morgan fingerprint density at radius 2 is 2.39 bits per heavy atom. The number of esters is 1. The number of aromatic nitrogens is 1. The van der Waals surface area contributed by atoms with Crippen molar-refractivity contribution >= 4 is 22.4 Å². The highest BCUT2D eigenvalue weighted by molar-refractivity contribution is 7.15. The van der Waals surface area contributed by atoms with Crippen LogP contribution < -0.4 is 4.90 Å². The van der Waals surface area contributed by atoms with Gasteiger partial charge in [0.15, 0.2) is 10.8 Å². The third kappa shape index (κ3) is 2.62. The van der Waals surface area contributed by atoms with Crippen LogP contribution in [0.1, 0.15) is 34.6 Å². The number of rotatable bonds is 5. The van der Waals surface area contributed by atoms with E-state index in [1.54, 1.807) is 0 Å². The summed E-state index contributed by atoms with van der Waals surface area (Å²) in [6.45, 7) is 2.54. The van der Waals surface area contributed by atoms with Crippen molar-refractivity contribution in [3.63, 3.8) is 0 Å². The minimum absolute atomic E-state index is 0.389. The highest BCUT2D eigenvalue weighted by Crippen LogP contribution is 2.35. The summed E-state index contributed by atoms with van der Waals surface area (Å²) in [4.78, 5) is 18.9. The molecule has 0 bridgehead atoms. The Kier molecular flexibility index (Phi) is 3.82. The number of hydrogen-bond donors (Lipinski definition) is 0. The number of aryl methyl sites for hydroxylation is 1. The summed E-state index contributed by atoms with van der Waals surface area (Å²) in [6, 6.07) is 2.63. The summed E-state index contributed by atoms with van der Waals surface area (Å²) in [6.07, 6.45) is 2.75. The normalized spacial score (nSPS) is 14.1. The summed E-state index contributed by atoms with van der Waals surface area (Å²) < 4.78 is 4.70. The van der Waals surface area contributed by atoms with E-state index in [0.29, 0.717) is 24.7 Å². The Balaban J connectivity index is 2.20. The van der Waals surface area contributed by atoms with Crippen LogP contribution >= 0.6 is 11.3 Å². The van der Waals surface area contributed by atoms with Crippen LogP contribution in [0.2, 0.25) is 0 Å². The van der Waals surface area contributed by atoms with Crippen molar-refractivity contribution in [2.45, 2.75) is 32.2 Å². The Hall–Kier alpha value is -1.61. The number of ether oxygens (including phenoxy) is 1. The van der Waals surface area contributed by atoms with Crippen molar-refractivity contribution < 1.29 is 9.53 Å². The van der Waals surface area contributed by atoms with E-state index < -0.39 is 5.97 Å². The molecule has 1 aromatic heterocycles. The van der Waals surface area contributed by atoms with Gasteiger partial charge in [-0.3, -0.25) is 0 Å². The zero-order valence-electron chi connectivity index (χ0n) is 10.5. The van der Waals surface area contributed by atoms with Gasteiger partial charge in [0.1, 0.15) is 0 Å². The summed E-state index contributed by atoms with van der Waals surface area (Å²) in [5.41, 5.74) is 0.389. The molecule has 0 aliphatic heterocycles. The van der Waals surface area contributed by atoms with Crippen LogP contribution in [0, 0.1) is 18.3 Å². The number of methoxy groups -OCH3 is 1. The molecule has 0 unspecified atom stereocenters. The van der Waals surface area contributed by atoms with Crippen LogP contribution in [-0.2, 0) is 4.74 Å². The number of carbonyl (C=O) groups excluding carboxylic acids is 1. The minimum atomic E-state index is -0.397. The van der Waals surface area contributed by atoms with Crippen LogP contribution in [0.4, 0.5) is 5.13 Å². The molecule has 18 heavy (non-hydrogen) atoms. The highest BCUT2D eigenvalue weighted by Gasteiger charge is 2.31. The summed E-state index contributed by atoms with van der Waals surface area (Å²) >= 11 is 1.49. The van der Waals surface area contributed by atoms with Gasteiger partial charge in [-0.05, 0) is 19.8 Å². The number of thiazole rings is 1. The molecule has 96 valence electrons. The third-order valence-electron chi connectivity index (χ3n) is 2.86. The molecular weight excluding hydrogens is 250 g/mol. The van der Waals surface area contributed by atoms with Gasteiger partial charge in [0.2, 0.25) is 0 Å². The minimum Gasteiger partial charge on any atom is -0.464 e. The molecule has 1 aliphatic carbocycles. The first-order valence-corrected chi connectivity index (χ1v) is 6.68. The van der Waals surface area contributed by atoms with Crippen molar-refractivity contribution in [2.75, 3.05) is 18.6 Å². The standard InChI is InChI=1S/C12H15N3O2S/c1-8-10(11(16)17-2)14-12(18-8)15(7-3-6-13)9-4-5-9/h9H,3-5,7H2,1-2H3. The summed E-state index contributed by atoms with van der Waals surface area (Å²) in [5.74, 6) is -0.397. The lowest BCUT2D eigenvalue weighted by molar-refractivity contribution is 0.0594. The molecule has 2 rings (SSSR count). The van der Waals surface area contributed by atoms with E-state index in [9.17, 15) is 4.79 Å². The topological polar surface area (TPSA) is 66.2 Å². The second-order valence-corrected chi connectivity index (χ2v) is 5.41. The fourth-order valence-corrected chi connectivity index (χ4v) is 2.78. The molecule has 6 heteroatoms. The van der Waals surface area contributed by atoms with Gasteiger partial charge in [0, 0.05) is 17.5 Å². The van der Waals surface area contributed by atoms with E-state index in [-0.39, 0.29) is 0 Å². The molecule has 0 N–H and O–H groups in total. The number of anilines is 1. The van der Waals surface area contributed by atoms with Crippen molar-refractivity contribution in [3.8, 4) is 6.07 Å². The number of nitriles is 1. The molecule has 1 aliphatic rings. The third-order valence-corrected chi connectivity index (χ3v) is 3.87. The van der Waals surface area contributed by atoms with Gasteiger partial charge < -0.3 is 9.64 Å². The lowest BCUT2D eigenvalue weighted by Crippen LogP contribution is -2.26. The van der Waals surface area contributed by atoms with Crippen molar-refractivity contribution in [1.29, 1.82) is 5.26 Å². The van der Waals surface area contributed by atoms with Gasteiger partial charge in [-0.15, -0.1) is 11.3 Å². The van der Waals surface area contributed by atoms with E-state index in [2.05, 4.69) is 16.0 Å². The van der Waals surface area contributed by atoms with Gasteiger partial charge in [-0.2, -0.15) is 5.26 Å². The molecule has 0 radical (unpaired) electrons. The van der Waals surface area contributed by atoms with Crippen LogP contribution in [0.15, 0.2) is 0 Å². The van der Waals surface area contributed by atoms with Gasteiger partial charge in [0.05, 0.1) is 19.6 Å². The van der Waals surface area contributed by atoms with Crippen LogP contribution in [0.5, 0.6) is 0 Å². The van der Waals surface area contributed by atoms with Crippen LogP contribution in [0.25, 0.3) is 0 Å². The molecule has 0 amide bonds. The van der Waals surface area contributed by atoms with Crippen molar-refractivity contribution in [1.82, 2.24) is 4.98 Å². The first-order valence-electron chi connectivity index (χ1n) is 5.86. The molecule has 5 nitrogen and oxygen atoms in total. The lowest BCUT2D eigenvalue weighted by atomic mass is 10.4. The molecule has 1 aromatic rings. The van der Waals surface area contributed by atoms with Crippen LogP contribution in [-0.4, -0.2) is 30.6 Å². The predicted octanol–water partition coefficient (Wildman–Crippen LogP) is 2.12. The largest absolute Gasteiger partial charge is 0.464 e. The number of nitrogens with zero attached hydrogens (tertiary/aromatic N) is 3. The number of hydrogen-bond acceptors (Lipinski definition) is 6. The molecule has 1 fully saturated rings. The van der Waals surface area contributed by atoms with Gasteiger partial charge in [-0.1, -0.05) is 0 Å². The Bertz CT molecular complexity index is 488. The van der Waals surface area contributed by atoms with E-state index in [1.807, 2.05) is 6.92 Å².